The van der Waals surface area contributed by atoms with Gasteiger partial charge in [0.25, 0.3) is 0 Å². The molecule has 0 saturated heterocycles. The van der Waals surface area contributed by atoms with Gasteiger partial charge >= 0.3 is 0 Å². The first-order valence-electron chi connectivity index (χ1n) is 6.36. The van der Waals surface area contributed by atoms with E-state index in [1.54, 1.807) is 12.1 Å². The molecule has 18 heavy (non-hydrogen) atoms. The van der Waals surface area contributed by atoms with Crippen molar-refractivity contribution >= 4 is 11.0 Å². The maximum absolute atomic E-state index is 12.2. The standard InChI is InChI=1S/C15H18O3/c1-4-8-17-11-6-7-13-14(9-11)18-10(3)12(5-2)15(13)16/h6-7,9H,4-5,8H2,1-3H3. The van der Waals surface area contributed by atoms with E-state index in [1.165, 1.54) is 0 Å². The van der Waals surface area contributed by atoms with Gasteiger partial charge in [-0.3, -0.25) is 4.79 Å². The summed E-state index contributed by atoms with van der Waals surface area (Å²) in [6.07, 6.45) is 1.65. The van der Waals surface area contributed by atoms with Crippen molar-refractivity contribution < 1.29 is 9.15 Å². The number of hydrogen-bond donors (Lipinski definition) is 0. The molecular weight excluding hydrogens is 228 g/mol. The molecule has 3 heteroatoms. The average Bonchev–Trinajstić information content (AvgIpc) is 2.36. The van der Waals surface area contributed by atoms with Crippen molar-refractivity contribution in [2.24, 2.45) is 0 Å². The van der Waals surface area contributed by atoms with Crippen LogP contribution in [-0.4, -0.2) is 6.61 Å². The van der Waals surface area contributed by atoms with Gasteiger partial charge in [0.15, 0.2) is 5.43 Å². The quantitative estimate of drug-likeness (QED) is 0.829. The minimum atomic E-state index is 0.0679. The first-order valence-corrected chi connectivity index (χ1v) is 6.36. The van der Waals surface area contributed by atoms with Gasteiger partial charge in [-0.15, -0.1) is 0 Å². The predicted molar refractivity (Wildman–Crippen MR) is 72.4 cm³/mol. The summed E-state index contributed by atoms with van der Waals surface area (Å²) < 4.78 is 11.2. The summed E-state index contributed by atoms with van der Waals surface area (Å²) in [4.78, 5) is 12.2. The second-order valence-corrected chi connectivity index (χ2v) is 4.33. The Morgan fingerprint density at radius 3 is 2.72 bits per heavy atom. The number of benzene rings is 1. The Kier molecular flexibility index (Phi) is 3.70. The Bertz CT molecular complexity index is 611. The van der Waals surface area contributed by atoms with E-state index >= 15 is 0 Å². The monoisotopic (exact) mass is 246 g/mol. The highest BCUT2D eigenvalue weighted by Gasteiger charge is 2.10. The van der Waals surface area contributed by atoms with Gasteiger partial charge in [0.2, 0.25) is 0 Å². The van der Waals surface area contributed by atoms with E-state index in [1.807, 2.05) is 19.9 Å². The first kappa shape index (κ1) is 12.7. The fourth-order valence-electron chi connectivity index (χ4n) is 2.04. The Morgan fingerprint density at radius 1 is 1.28 bits per heavy atom. The van der Waals surface area contributed by atoms with Gasteiger partial charge in [-0.05, 0) is 31.9 Å². The third kappa shape index (κ3) is 2.26. The molecule has 0 radical (unpaired) electrons. The van der Waals surface area contributed by atoms with Gasteiger partial charge in [0.05, 0.1) is 12.0 Å². The molecule has 0 aliphatic carbocycles. The predicted octanol–water partition coefficient (Wildman–Crippen LogP) is 3.45. The minimum absolute atomic E-state index is 0.0679. The van der Waals surface area contributed by atoms with Gasteiger partial charge in [-0.25, -0.2) is 0 Å². The Hall–Kier alpha value is -1.77. The smallest absolute Gasteiger partial charge is 0.196 e. The molecule has 0 atom stereocenters. The van der Waals surface area contributed by atoms with E-state index in [0.717, 1.165) is 17.7 Å². The van der Waals surface area contributed by atoms with Crippen LogP contribution in [0, 0.1) is 6.92 Å². The van der Waals surface area contributed by atoms with Gasteiger partial charge in [-0.1, -0.05) is 13.8 Å². The zero-order valence-corrected chi connectivity index (χ0v) is 11.1. The van der Waals surface area contributed by atoms with E-state index in [-0.39, 0.29) is 5.43 Å². The zero-order valence-electron chi connectivity index (χ0n) is 11.1. The fraction of sp³-hybridized carbons (Fsp3) is 0.400. The van der Waals surface area contributed by atoms with E-state index in [9.17, 15) is 4.79 Å². The lowest BCUT2D eigenvalue weighted by molar-refractivity contribution is 0.317. The van der Waals surface area contributed by atoms with Crippen LogP contribution in [0.3, 0.4) is 0 Å². The number of fused-ring (bicyclic) bond motifs is 1. The molecule has 0 aliphatic heterocycles. The van der Waals surface area contributed by atoms with Crippen LogP contribution in [0.25, 0.3) is 11.0 Å². The second-order valence-electron chi connectivity index (χ2n) is 4.33. The van der Waals surface area contributed by atoms with Crippen LogP contribution in [0.2, 0.25) is 0 Å². The molecule has 3 nitrogen and oxygen atoms in total. The summed E-state index contributed by atoms with van der Waals surface area (Å²) in [5.74, 6) is 1.44. The fourth-order valence-corrected chi connectivity index (χ4v) is 2.04. The van der Waals surface area contributed by atoms with Crippen LogP contribution in [0.4, 0.5) is 0 Å². The van der Waals surface area contributed by atoms with Crippen LogP contribution < -0.4 is 10.2 Å². The molecule has 0 saturated carbocycles. The van der Waals surface area contributed by atoms with Gasteiger partial charge < -0.3 is 9.15 Å². The van der Waals surface area contributed by atoms with E-state index in [4.69, 9.17) is 9.15 Å². The molecule has 2 rings (SSSR count). The van der Waals surface area contributed by atoms with Crippen molar-refractivity contribution in [1.82, 2.24) is 0 Å². The van der Waals surface area contributed by atoms with Gasteiger partial charge in [0, 0.05) is 11.6 Å². The Balaban J connectivity index is 2.55. The Labute approximate surface area is 106 Å². The normalized spacial score (nSPS) is 10.8. The van der Waals surface area contributed by atoms with Crippen molar-refractivity contribution in [3.8, 4) is 5.75 Å². The lowest BCUT2D eigenvalue weighted by Crippen LogP contribution is -2.10. The topological polar surface area (TPSA) is 39.4 Å². The SMILES string of the molecule is CCCOc1ccc2c(=O)c(CC)c(C)oc2c1. The summed E-state index contributed by atoms with van der Waals surface area (Å²) in [5, 5.41) is 0.626. The molecule has 0 fully saturated rings. The third-order valence-electron chi connectivity index (χ3n) is 2.99. The van der Waals surface area contributed by atoms with Crippen molar-refractivity contribution in [2.75, 3.05) is 6.61 Å². The van der Waals surface area contributed by atoms with Crippen LogP contribution in [-0.2, 0) is 6.42 Å². The summed E-state index contributed by atoms with van der Waals surface area (Å²) in [6, 6.07) is 5.40. The lowest BCUT2D eigenvalue weighted by atomic mass is 10.1. The van der Waals surface area contributed by atoms with E-state index < -0.39 is 0 Å². The van der Waals surface area contributed by atoms with E-state index in [2.05, 4.69) is 6.92 Å². The zero-order chi connectivity index (χ0) is 13.1. The maximum atomic E-state index is 12.2. The summed E-state index contributed by atoms with van der Waals surface area (Å²) in [7, 11) is 0. The molecular formula is C15H18O3. The van der Waals surface area contributed by atoms with Crippen molar-refractivity contribution in [2.45, 2.75) is 33.6 Å². The molecule has 1 heterocycles. The lowest BCUT2D eigenvalue weighted by Gasteiger charge is -2.07. The van der Waals surface area contributed by atoms with Crippen LogP contribution in [0.5, 0.6) is 5.75 Å². The van der Waals surface area contributed by atoms with Gasteiger partial charge in [0.1, 0.15) is 17.1 Å². The van der Waals surface area contributed by atoms with Crippen LogP contribution in [0.15, 0.2) is 27.4 Å². The number of ether oxygens (including phenoxy) is 1. The van der Waals surface area contributed by atoms with Gasteiger partial charge in [-0.2, -0.15) is 0 Å². The van der Waals surface area contributed by atoms with Crippen molar-refractivity contribution in [1.29, 1.82) is 0 Å². The molecule has 0 amide bonds. The van der Waals surface area contributed by atoms with Crippen molar-refractivity contribution in [3.05, 3.63) is 39.7 Å². The number of hydrogen-bond acceptors (Lipinski definition) is 3. The van der Waals surface area contributed by atoms with Crippen LogP contribution >= 0.6 is 0 Å². The highest BCUT2D eigenvalue weighted by Crippen LogP contribution is 2.21. The van der Waals surface area contributed by atoms with Crippen LogP contribution in [0.1, 0.15) is 31.6 Å². The molecule has 2 aromatic rings. The summed E-state index contributed by atoms with van der Waals surface area (Å²) in [6.45, 7) is 6.52. The number of rotatable bonds is 4. The summed E-state index contributed by atoms with van der Waals surface area (Å²) in [5.41, 5.74) is 1.42. The summed E-state index contributed by atoms with van der Waals surface area (Å²) >= 11 is 0. The maximum Gasteiger partial charge on any atom is 0.196 e. The minimum Gasteiger partial charge on any atom is -0.493 e. The average molecular weight is 246 g/mol. The highest BCUT2D eigenvalue weighted by molar-refractivity contribution is 5.78. The largest absolute Gasteiger partial charge is 0.493 e. The third-order valence-corrected chi connectivity index (χ3v) is 2.99. The number of aryl methyl sites for hydroxylation is 1. The first-order chi connectivity index (χ1) is 8.67. The molecule has 1 aromatic carbocycles. The molecule has 0 spiro atoms. The molecule has 96 valence electrons. The molecule has 0 unspecified atom stereocenters. The second kappa shape index (κ2) is 5.25. The van der Waals surface area contributed by atoms with Crippen molar-refractivity contribution in [3.63, 3.8) is 0 Å². The Morgan fingerprint density at radius 2 is 2.06 bits per heavy atom. The molecule has 1 aromatic heterocycles. The molecule has 0 N–H and O–H groups in total. The molecule has 0 bridgehead atoms. The highest BCUT2D eigenvalue weighted by atomic mass is 16.5. The molecule has 0 aliphatic rings. The van der Waals surface area contributed by atoms with E-state index in [0.29, 0.717) is 29.8 Å².